The standard InChI is InChI=1S/C15H17N7O/c1-9-7-17-15-13(19-9)10(8-18-15)14-20-11(16)6-12(21-14)22-2-4-23-5-3-22/h6-8H,2-5H2,1H3,(H,17,18)(H2,16,20,21). The van der Waals surface area contributed by atoms with E-state index in [1.54, 1.807) is 12.3 Å². The molecule has 0 aromatic carbocycles. The summed E-state index contributed by atoms with van der Waals surface area (Å²) < 4.78 is 5.39. The molecule has 1 fully saturated rings. The second-order valence-corrected chi connectivity index (χ2v) is 5.48. The Hall–Kier alpha value is -2.74. The highest BCUT2D eigenvalue weighted by atomic mass is 16.5. The number of morpholine rings is 1. The fourth-order valence-electron chi connectivity index (χ4n) is 2.68. The molecule has 118 valence electrons. The zero-order chi connectivity index (χ0) is 15.8. The number of H-pyrrole nitrogens is 1. The molecule has 3 aromatic heterocycles. The average Bonchev–Trinajstić information content (AvgIpc) is 2.98. The maximum atomic E-state index is 5.99. The van der Waals surface area contributed by atoms with Gasteiger partial charge in [-0.2, -0.15) is 0 Å². The van der Waals surface area contributed by atoms with Gasteiger partial charge >= 0.3 is 0 Å². The van der Waals surface area contributed by atoms with E-state index in [-0.39, 0.29) is 0 Å². The number of ether oxygens (including phenoxy) is 1. The van der Waals surface area contributed by atoms with E-state index in [2.05, 4.69) is 29.8 Å². The first-order chi connectivity index (χ1) is 11.2. The number of nitrogens with one attached hydrogen (secondary N) is 1. The summed E-state index contributed by atoms with van der Waals surface area (Å²) in [4.78, 5) is 23.2. The average molecular weight is 311 g/mol. The third kappa shape index (κ3) is 2.57. The Morgan fingerprint density at radius 3 is 2.87 bits per heavy atom. The molecule has 8 heteroatoms. The third-order valence-electron chi connectivity index (χ3n) is 3.81. The zero-order valence-electron chi connectivity index (χ0n) is 12.8. The topological polar surface area (TPSA) is 106 Å². The van der Waals surface area contributed by atoms with Gasteiger partial charge in [-0.1, -0.05) is 0 Å². The Morgan fingerprint density at radius 2 is 2.04 bits per heavy atom. The van der Waals surface area contributed by atoms with Crippen molar-refractivity contribution in [1.82, 2.24) is 24.9 Å². The van der Waals surface area contributed by atoms with Crippen LogP contribution >= 0.6 is 0 Å². The minimum absolute atomic E-state index is 0.437. The van der Waals surface area contributed by atoms with Gasteiger partial charge in [-0.05, 0) is 6.92 Å². The molecule has 4 heterocycles. The molecule has 0 bridgehead atoms. The molecular formula is C15H17N7O. The maximum Gasteiger partial charge on any atom is 0.167 e. The van der Waals surface area contributed by atoms with E-state index < -0.39 is 0 Å². The number of hydrogen-bond donors (Lipinski definition) is 2. The largest absolute Gasteiger partial charge is 0.384 e. The summed E-state index contributed by atoms with van der Waals surface area (Å²) in [6.45, 7) is 4.88. The number of nitrogens with zero attached hydrogens (tertiary/aromatic N) is 5. The van der Waals surface area contributed by atoms with Gasteiger partial charge in [0.15, 0.2) is 11.5 Å². The Morgan fingerprint density at radius 1 is 1.22 bits per heavy atom. The first kappa shape index (κ1) is 13.9. The molecule has 0 saturated carbocycles. The van der Waals surface area contributed by atoms with Gasteiger partial charge in [-0.25, -0.2) is 19.9 Å². The van der Waals surface area contributed by atoms with Gasteiger partial charge in [0.25, 0.3) is 0 Å². The normalized spacial score (nSPS) is 15.3. The molecule has 1 saturated heterocycles. The van der Waals surface area contributed by atoms with Crippen molar-refractivity contribution in [2.24, 2.45) is 0 Å². The lowest BCUT2D eigenvalue weighted by molar-refractivity contribution is 0.122. The summed E-state index contributed by atoms with van der Waals surface area (Å²) in [6.07, 6.45) is 3.55. The van der Waals surface area contributed by atoms with E-state index in [4.69, 9.17) is 10.5 Å². The van der Waals surface area contributed by atoms with Gasteiger partial charge in [0.2, 0.25) is 0 Å². The summed E-state index contributed by atoms with van der Waals surface area (Å²) in [5.41, 5.74) is 9.10. The van der Waals surface area contributed by atoms with Crippen LogP contribution in [0.3, 0.4) is 0 Å². The van der Waals surface area contributed by atoms with Crippen molar-refractivity contribution in [3.63, 3.8) is 0 Å². The fraction of sp³-hybridized carbons (Fsp3) is 0.333. The van der Waals surface area contributed by atoms with Gasteiger partial charge in [0.1, 0.15) is 17.2 Å². The van der Waals surface area contributed by atoms with Crippen LogP contribution in [-0.2, 0) is 4.74 Å². The molecule has 3 N–H and O–H groups in total. The third-order valence-corrected chi connectivity index (χ3v) is 3.81. The molecule has 3 aromatic rings. The highest BCUT2D eigenvalue weighted by molar-refractivity contribution is 5.88. The van der Waals surface area contributed by atoms with E-state index >= 15 is 0 Å². The number of hydrogen-bond acceptors (Lipinski definition) is 7. The van der Waals surface area contributed by atoms with Gasteiger partial charge in [-0.15, -0.1) is 0 Å². The number of aryl methyl sites for hydroxylation is 1. The lowest BCUT2D eigenvalue weighted by Gasteiger charge is -2.28. The number of nitrogen functional groups attached to an aromatic ring is 1. The first-order valence-corrected chi connectivity index (χ1v) is 7.49. The summed E-state index contributed by atoms with van der Waals surface area (Å²) in [5.74, 6) is 1.80. The number of aromatic amines is 1. The molecule has 0 aliphatic carbocycles. The molecule has 23 heavy (non-hydrogen) atoms. The predicted molar refractivity (Wildman–Crippen MR) is 87.1 cm³/mol. The van der Waals surface area contributed by atoms with Gasteiger partial charge in [-0.3, -0.25) is 0 Å². The monoisotopic (exact) mass is 311 g/mol. The Labute approximate surface area is 132 Å². The van der Waals surface area contributed by atoms with E-state index in [0.717, 1.165) is 35.7 Å². The molecule has 0 atom stereocenters. The van der Waals surface area contributed by atoms with Crippen LogP contribution in [0.5, 0.6) is 0 Å². The molecule has 0 spiro atoms. The maximum absolute atomic E-state index is 5.99. The number of aromatic nitrogens is 5. The minimum atomic E-state index is 0.437. The fourth-order valence-corrected chi connectivity index (χ4v) is 2.68. The quantitative estimate of drug-likeness (QED) is 0.731. The van der Waals surface area contributed by atoms with Crippen molar-refractivity contribution in [1.29, 1.82) is 0 Å². The lowest BCUT2D eigenvalue weighted by Crippen LogP contribution is -2.36. The van der Waals surface area contributed by atoms with Crippen LogP contribution in [-0.4, -0.2) is 51.2 Å². The van der Waals surface area contributed by atoms with Crippen LogP contribution < -0.4 is 10.6 Å². The van der Waals surface area contributed by atoms with Gasteiger partial charge in [0, 0.05) is 25.4 Å². The highest BCUT2D eigenvalue weighted by Gasteiger charge is 2.17. The highest BCUT2D eigenvalue weighted by Crippen LogP contribution is 2.26. The molecule has 1 aliphatic rings. The molecule has 0 unspecified atom stereocenters. The van der Waals surface area contributed by atoms with Crippen molar-refractivity contribution in [3.8, 4) is 11.4 Å². The van der Waals surface area contributed by atoms with Crippen molar-refractivity contribution in [3.05, 3.63) is 24.2 Å². The first-order valence-electron chi connectivity index (χ1n) is 7.49. The Balaban J connectivity index is 1.81. The Kier molecular flexibility index (Phi) is 3.30. The van der Waals surface area contributed by atoms with Crippen LogP contribution in [0, 0.1) is 6.92 Å². The van der Waals surface area contributed by atoms with Crippen LogP contribution in [0.4, 0.5) is 11.6 Å². The second-order valence-electron chi connectivity index (χ2n) is 5.48. The number of fused-ring (bicyclic) bond motifs is 1. The molecule has 4 rings (SSSR count). The van der Waals surface area contributed by atoms with Crippen LogP contribution in [0.15, 0.2) is 18.5 Å². The summed E-state index contributed by atoms with van der Waals surface area (Å²) in [6, 6.07) is 1.79. The Bertz CT molecular complexity index is 854. The van der Waals surface area contributed by atoms with Crippen LogP contribution in [0.1, 0.15) is 5.69 Å². The van der Waals surface area contributed by atoms with Crippen molar-refractivity contribution < 1.29 is 4.74 Å². The summed E-state index contributed by atoms with van der Waals surface area (Å²) in [5, 5.41) is 0. The smallest absolute Gasteiger partial charge is 0.167 e. The molecule has 1 aliphatic heterocycles. The van der Waals surface area contributed by atoms with E-state index in [1.165, 1.54) is 0 Å². The number of anilines is 2. The van der Waals surface area contributed by atoms with Crippen LogP contribution in [0.2, 0.25) is 0 Å². The summed E-state index contributed by atoms with van der Waals surface area (Å²) >= 11 is 0. The van der Waals surface area contributed by atoms with Crippen molar-refractivity contribution >= 4 is 22.8 Å². The van der Waals surface area contributed by atoms with Gasteiger partial charge in [0.05, 0.1) is 30.7 Å². The molecular weight excluding hydrogens is 294 g/mol. The SMILES string of the molecule is Cc1cnc2[nH]cc(-c3nc(N)cc(N4CCOCC4)n3)c2n1. The van der Waals surface area contributed by atoms with Crippen LogP contribution in [0.25, 0.3) is 22.6 Å². The van der Waals surface area contributed by atoms with E-state index in [1.807, 2.05) is 13.1 Å². The number of nitrogens with two attached hydrogens (primary N) is 1. The minimum Gasteiger partial charge on any atom is -0.384 e. The molecule has 0 radical (unpaired) electrons. The van der Waals surface area contributed by atoms with Crippen molar-refractivity contribution in [2.45, 2.75) is 6.92 Å². The molecule has 8 nitrogen and oxygen atoms in total. The van der Waals surface area contributed by atoms with E-state index in [0.29, 0.717) is 30.5 Å². The second kappa shape index (κ2) is 5.47. The van der Waals surface area contributed by atoms with Gasteiger partial charge < -0.3 is 20.4 Å². The number of rotatable bonds is 2. The summed E-state index contributed by atoms with van der Waals surface area (Å²) in [7, 11) is 0. The molecule has 0 amide bonds. The van der Waals surface area contributed by atoms with E-state index in [9.17, 15) is 0 Å². The van der Waals surface area contributed by atoms with Crippen molar-refractivity contribution in [2.75, 3.05) is 36.9 Å². The lowest BCUT2D eigenvalue weighted by atomic mass is 10.2. The predicted octanol–water partition coefficient (Wildman–Crippen LogP) is 1.14. The zero-order valence-corrected chi connectivity index (χ0v) is 12.8.